The minimum atomic E-state index is -3.66. The maximum absolute atomic E-state index is 14.5. The van der Waals surface area contributed by atoms with Gasteiger partial charge in [-0.2, -0.15) is 25.8 Å². The first-order valence-corrected chi connectivity index (χ1v) is 11.1. The van der Waals surface area contributed by atoms with E-state index in [9.17, 15) is 22.0 Å². The highest BCUT2D eigenvalue weighted by Gasteiger charge is 2.45. The molecular weight excluding hydrogens is 388 g/mol. The molecule has 1 heterocycles. The van der Waals surface area contributed by atoms with Crippen molar-refractivity contribution in [3.8, 4) is 0 Å². The molecule has 9 heteroatoms. The number of amides is 1. The normalized spacial score (nSPS) is 20.5. The number of piperazine rings is 1. The molecule has 0 N–H and O–H groups in total. The summed E-state index contributed by atoms with van der Waals surface area (Å²) in [7, 11) is -2.07. The standard InChI is InChI=1S/C19H27F2N3O3S/c1-22(17-10-6-3-7-11-17)28(26,27)24-14-12-23(13-15-24)18(25)19(20,21)16-8-4-2-5-9-16/h2,4-5,8-9,17H,3,6-7,10-15H2,1H3. The molecule has 2 fully saturated rings. The molecule has 1 amide bonds. The Kier molecular flexibility index (Phi) is 6.36. The SMILES string of the molecule is CN(C1CCCCC1)S(=O)(=O)N1CCN(C(=O)C(F)(F)c2ccccc2)CC1. The Morgan fingerprint density at radius 2 is 1.61 bits per heavy atom. The van der Waals surface area contributed by atoms with Crippen molar-refractivity contribution >= 4 is 16.1 Å². The van der Waals surface area contributed by atoms with Crippen molar-refractivity contribution in [2.45, 2.75) is 44.1 Å². The first-order valence-electron chi connectivity index (χ1n) is 9.70. The van der Waals surface area contributed by atoms with Gasteiger partial charge in [-0.25, -0.2) is 0 Å². The smallest absolute Gasteiger partial charge is 0.335 e. The Labute approximate surface area is 165 Å². The van der Waals surface area contributed by atoms with Crippen LogP contribution in [0.3, 0.4) is 0 Å². The second-order valence-corrected chi connectivity index (χ2v) is 9.44. The van der Waals surface area contributed by atoms with Crippen LogP contribution < -0.4 is 0 Å². The van der Waals surface area contributed by atoms with Crippen LogP contribution in [0.25, 0.3) is 0 Å². The Bertz CT molecular complexity index is 775. The summed E-state index contributed by atoms with van der Waals surface area (Å²) in [6, 6.07) is 6.96. The van der Waals surface area contributed by atoms with Gasteiger partial charge in [-0.3, -0.25) is 4.79 Å². The van der Waals surface area contributed by atoms with Gasteiger partial charge < -0.3 is 4.90 Å². The fraction of sp³-hybridized carbons (Fsp3) is 0.632. The van der Waals surface area contributed by atoms with Gasteiger partial charge in [0.05, 0.1) is 0 Å². The first-order chi connectivity index (χ1) is 13.2. The van der Waals surface area contributed by atoms with Crippen molar-refractivity contribution in [1.29, 1.82) is 0 Å². The lowest BCUT2D eigenvalue weighted by molar-refractivity contribution is -0.160. The third-order valence-electron chi connectivity index (χ3n) is 5.71. The molecular formula is C19H27F2N3O3S. The Morgan fingerprint density at radius 3 is 2.18 bits per heavy atom. The highest BCUT2D eigenvalue weighted by atomic mass is 32.2. The maximum atomic E-state index is 14.5. The van der Waals surface area contributed by atoms with E-state index in [1.165, 1.54) is 32.9 Å². The van der Waals surface area contributed by atoms with Crippen molar-refractivity contribution in [2.75, 3.05) is 33.2 Å². The molecule has 1 aliphatic carbocycles. The second kappa shape index (κ2) is 8.42. The predicted molar refractivity (Wildman–Crippen MR) is 102 cm³/mol. The molecule has 156 valence electrons. The fourth-order valence-corrected chi connectivity index (χ4v) is 5.48. The van der Waals surface area contributed by atoms with Gasteiger partial charge in [0.2, 0.25) is 0 Å². The highest BCUT2D eigenvalue weighted by molar-refractivity contribution is 7.86. The molecule has 6 nitrogen and oxygen atoms in total. The van der Waals surface area contributed by atoms with Crippen LogP contribution in [0.15, 0.2) is 30.3 Å². The van der Waals surface area contributed by atoms with Crippen molar-refractivity contribution in [1.82, 2.24) is 13.5 Å². The zero-order valence-electron chi connectivity index (χ0n) is 16.1. The number of carbonyl (C=O) groups is 1. The monoisotopic (exact) mass is 415 g/mol. The molecule has 28 heavy (non-hydrogen) atoms. The van der Waals surface area contributed by atoms with Crippen LogP contribution in [0.2, 0.25) is 0 Å². The summed E-state index contributed by atoms with van der Waals surface area (Å²) in [6.45, 7) is -0.0377. The van der Waals surface area contributed by atoms with Crippen LogP contribution in [0.1, 0.15) is 37.7 Å². The van der Waals surface area contributed by atoms with E-state index in [2.05, 4.69) is 0 Å². The molecule has 0 atom stereocenters. The van der Waals surface area contributed by atoms with E-state index in [1.807, 2.05) is 0 Å². The first kappa shape index (κ1) is 21.1. The molecule has 1 aromatic carbocycles. The predicted octanol–water partition coefficient (Wildman–Crippen LogP) is 2.43. The molecule has 0 unspecified atom stereocenters. The van der Waals surface area contributed by atoms with Gasteiger partial charge in [0.25, 0.3) is 16.1 Å². The lowest BCUT2D eigenvalue weighted by Crippen LogP contribution is -2.57. The highest BCUT2D eigenvalue weighted by Crippen LogP contribution is 2.31. The quantitative estimate of drug-likeness (QED) is 0.742. The van der Waals surface area contributed by atoms with Crippen molar-refractivity contribution in [2.24, 2.45) is 0 Å². The van der Waals surface area contributed by atoms with E-state index in [-0.39, 0.29) is 37.8 Å². The van der Waals surface area contributed by atoms with Crippen molar-refractivity contribution in [3.63, 3.8) is 0 Å². The molecule has 1 aromatic rings. The lowest BCUT2D eigenvalue weighted by Gasteiger charge is -2.39. The fourth-order valence-electron chi connectivity index (χ4n) is 3.91. The Balaban J connectivity index is 1.63. The zero-order chi connectivity index (χ0) is 20.4. The number of halogens is 2. The Morgan fingerprint density at radius 1 is 1.04 bits per heavy atom. The van der Waals surface area contributed by atoms with Crippen LogP contribution in [-0.2, 0) is 20.9 Å². The van der Waals surface area contributed by atoms with Crippen LogP contribution in [-0.4, -0.2) is 67.1 Å². The summed E-state index contributed by atoms with van der Waals surface area (Å²) in [5, 5.41) is 0. The van der Waals surface area contributed by atoms with Crippen molar-refractivity contribution in [3.05, 3.63) is 35.9 Å². The van der Waals surface area contributed by atoms with E-state index in [4.69, 9.17) is 0 Å². The van der Waals surface area contributed by atoms with Crippen molar-refractivity contribution < 1.29 is 22.0 Å². The third-order valence-corrected chi connectivity index (χ3v) is 7.75. The average molecular weight is 416 g/mol. The summed E-state index contributed by atoms with van der Waals surface area (Å²) in [6.07, 6.45) is 4.85. The summed E-state index contributed by atoms with van der Waals surface area (Å²) in [5.41, 5.74) is -0.355. The van der Waals surface area contributed by atoms with Crippen LogP contribution in [0, 0.1) is 0 Å². The molecule has 1 saturated heterocycles. The van der Waals surface area contributed by atoms with E-state index in [0.29, 0.717) is 0 Å². The van der Waals surface area contributed by atoms with Gasteiger partial charge in [-0.15, -0.1) is 0 Å². The van der Waals surface area contributed by atoms with Crippen LogP contribution in [0.4, 0.5) is 8.78 Å². The zero-order valence-corrected chi connectivity index (χ0v) is 16.9. The lowest BCUT2D eigenvalue weighted by atomic mass is 9.96. The van der Waals surface area contributed by atoms with Gasteiger partial charge in [0.1, 0.15) is 0 Å². The number of hydrogen-bond acceptors (Lipinski definition) is 3. The Hall–Kier alpha value is -1.58. The van der Waals surface area contributed by atoms with Gasteiger partial charge >= 0.3 is 5.92 Å². The second-order valence-electron chi connectivity index (χ2n) is 7.45. The largest absolute Gasteiger partial charge is 0.349 e. The molecule has 3 rings (SSSR count). The van der Waals surface area contributed by atoms with E-state index in [0.717, 1.165) is 37.0 Å². The number of alkyl halides is 2. The number of carbonyl (C=O) groups excluding carboxylic acids is 1. The van der Waals surface area contributed by atoms with Gasteiger partial charge in [-0.05, 0) is 12.8 Å². The van der Waals surface area contributed by atoms with Gasteiger partial charge in [0.15, 0.2) is 0 Å². The summed E-state index contributed by atoms with van der Waals surface area (Å²) in [5.74, 6) is -4.90. The summed E-state index contributed by atoms with van der Waals surface area (Å²) < 4.78 is 57.5. The summed E-state index contributed by atoms with van der Waals surface area (Å²) in [4.78, 5) is 13.4. The van der Waals surface area contributed by atoms with E-state index in [1.54, 1.807) is 13.1 Å². The topological polar surface area (TPSA) is 60.9 Å². The summed E-state index contributed by atoms with van der Waals surface area (Å²) >= 11 is 0. The molecule has 2 aliphatic rings. The number of hydrogen-bond donors (Lipinski definition) is 0. The van der Waals surface area contributed by atoms with E-state index < -0.39 is 22.0 Å². The maximum Gasteiger partial charge on any atom is 0.349 e. The average Bonchev–Trinajstić information content (AvgIpc) is 2.74. The van der Waals surface area contributed by atoms with Gasteiger partial charge in [0, 0.05) is 44.8 Å². The minimum absolute atomic E-state index is 0.0131. The molecule has 0 bridgehead atoms. The van der Waals surface area contributed by atoms with Crippen LogP contribution in [0.5, 0.6) is 0 Å². The molecule has 1 saturated carbocycles. The number of nitrogens with zero attached hydrogens (tertiary/aromatic N) is 3. The number of benzene rings is 1. The van der Waals surface area contributed by atoms with Crippen LogP contribution >= 0.6 is 0 Å². The third kappa shape index (κ3) is 4.21. The minimum Gasteiger partial charge on any atom is -0.335 e. The van der Waals surface area contributed by atoms with Gasteiger partial charge in [-0.1, -0.05) is 49.6 Å². The molecule has 0 radical (unpaired) electrons. The van der Waals surface area contributed by atoms with E-state index >= 15 is 0 Å². The molecule has 0 spiro atoms. The number of rotatable bonds is 5. The molecule has 0 aromatic heterocycles. The molecule has 1 aliphatic heterocycles.